The summed E-state index contributed by atoms with van der Waals surface area (Å²) in [6, 6.07) is 17.1. The van der Waals surface area contributed by atoms with E-state index in [4.69, 9.17) is 0 Å². The third-order valence-corrected chi connectivity index (χ3v) is 4.65. The molecule has 0 spiro atoms. The lowest BCUT2D eigenvalue weighted by molar-refractivity contribution is -0.521. The predicted octanol–water partition coefficient (Wildman–Crippen LogP) is 4.08. The van der Waals surface area contributed by atoms with Crippen LogP contribution in [0.25, 0.3) is 0 Å². The number of rotatable bonds is 6. The third-order valence-electron chi connectivity index (χ3n) is 3.66. The van der Waals surface area contributed by atoms with Crippen LogP contribution in [0.1, 0.15) is 28.8 Å². The molecule has 114 valence electrons. The highest BCUT2D eigenvalue weighted by Crippen LogP contribution is 2.32. The van der Waals surface area contributed by atoms with Crippen molar-refractivity contribution < 1.29 is 9.72 Å². The number of nitro groups is 1. The maximum Gasteiger partial charge on any atom is 0.218 e. The van der Waals surface area contributed by atoms with E-state index in [0.29, 0.717) is 5.56 Å². The van der Waals surface area contributed by atoms with Gasteiger partial charge in [-0.05, 0) is 5.56 Å². The Hall–Kier alpha value is -2.01. The molecular formula is C17H16BrNO3. The summed E-state index contributed by atoms with van der Waals surface area (Å²) in [7, 11) is 0. The van der Waals surface area contributed by atoms with Crippen molar-refractivity contribution in [2.75, 3.05) is 0 Å². The summed E-state index contributed by atoms with van der Waals surface area (Å²) in [5, 5.41) is 11.3. The highest BCUT2D eigenvalue weighted by Gasteiger charge is 2.37. The molecule has 3 atom stereocenters. The molecule has 0 saturated carbocycles. The molecule has 0 aliphatic carbocycles. The second kappa shape index (κ2) is 7.31. The van der Waals surface area contributed by atoms with E-state index in [1.807, 2.05) is 36.4 Å². The standard InChI is InChI=1S/C17H16BrNO3/c1-12(19(21)22)15(13-8-4-2-5-9-13)16(18)17(20)14-10-6-3-7-11-14/h2-12,15-16H,1H3/t12-,15-,16-/m0/s1. The minimum absolute atomic E-state index is 0.150. The molecule has 4 nitrogen and oxygen atoms in total. The van der Waals surface area contributed by atoms with Gasteiger partial charge in [0.25, 0.3) is 0 Å². The third kappa shape index (κ3) is 3.60. The summed E-state index contributed by atoms with van der Waals surface area (Å²) in [6.45, 7) is 1.53. The fraction of sp³-hybridized carbons (Fsp3) is 0.235. The van der Waals surface area contributed by atoms with Gasteiger partial charge in [-0.2, -0.15) is 0 Å². The van der Waals surface area contributed by atoms with Crippen LogP contribution in [0.4, 0.5) is 0 Å². The second-order valence-corrected chi connectivity index (χ2v) is 6.08. The van der Waals surface area contributed by atoms with Gasteiger partial charge in [0.1, 0.15) is 0 Å². The average Bonchev–Trinajstić information content (AvgIpc) is 2.56. The molecular weight excluding hydrogens is 346 g/mol. The van der Waals surface area contributed by atoms with Crippen molar-refractivity contribution in [2.24, 2.45) is 0 Å². The number of hydrogen-bond donors (Lipinski definition) is 0. The Bertz CT molecular complexity index is 645. The fourth-order valence-electron chi connectivity index (χ4n) is 2.42. The number of halogens is 1. The minimum Gasteiger partial charge on any atom is -0.293 e. The monoisotopic (exact) mass is 361 g/mol. The molecule has 2 rings (SSSR count). The maximum absolute atomic E-state index is 12.6. The number of carbonyl (C=O) groups excluding carboxylic acids is 1. The molecule has 0 aromatic heterocycles. The van der Waals surface area contributed by atoms with Crippen molar-refractivity contribution in [3.8, 4) is 0 Å². The second-order valence-electron chi connectivity index (χ2n) is 5.09. The number of nitrogens with zero attached hydrogens (tertiary/aromatic N) is 1. The molecule has 0 unspecified atom stereocenters. The van der Waals surface area contributed by atoms with Crippen LogP contribution >= 0.6 is 15.9 Å². The highest BCUT2D eigenvalue weighted by molar-refractivity contribution is 9.10. The van der Waals surface area contributed by atoms with E-state index in [1.54, 1.807) is 24.3 Å². The summed E-state index contributed by atoms with van der Waals surface area (Å²) in [5.41, 5.74) is 1.32. The van der Waals surface area contributed by atoms with Gasteiger partial charge >= 0.3 is 0 Å². The van der Waals surface area contributed by atoms with E-state index in [9.17, 15) is 14.9 Å². The minimum atomic E-state index is -0.876. The zero-order valence-electron chi connectivity index (χ0n) is 12.1. The van der Waals surface area contributed by atoms with Gasteiger partial charge in [-0.25, -0.2) is 0 Å². The molecule has 0 aliphatic heterocycles. The van der Waals surface area contributed by atoms with Gasteiger partial charge in [0.15, 0.2) is 5.78 Å². The molecule has 0 fully saturated rings. The van der Waals surface area contributed by atoms with E-state index < -0.39 is 16.8 Å². The van der Waals surface area contributed by atoms with Gasteiger partial charge < -0.3 is 0 Å². The first-order valence-electron chi connectivity index (χ1n) is 6.94. The number of ketones is 1. The van der Waals surface area contributed by atoms with Gasteiger partial charge in [0, 0.05) is 17.4 Å². The van der Waals surface area contributed by atoms with Gasteiger partial charge in [-0.15, -0.1) is 0 Å². The highest BCUT2D eigenvalue weighted by atomic mass is 79.9. The summed E-state index contributed by atoms with van der Waals surface area (Å²) in [4.78, 5) is 22.9. The molecule has 0 radical (unpaired) electrons. The van der Waals surface area contributed by atoms with E-state index in [-0.39, 0.29) is 10.7 Å². The van der Waals surface area contributed by atoms with E-state index >= 15 is 0 Å². The SMILES string of the molecule is C[C@@H]([C@@H](c1ccccc1)[C@H](Br)C(=O)c1ccccc1)[N+](=O)[O-]. The smallest absolute Gasteiger partial charge is 0.218 e. The van der Waals surface area contributed by atoms with Crippen LogP contribution in [0.15, 0.2) is 60.7 Å². The van der Waals surface area contributed by atoms with Gasteiger partial charge in [0.2, 0.25) is 6.04 Å². The summed E-state index contributed by atoms with van der Waals surface area (Å²) in [6.07, 6.45) is 0. The molecule has 2 aromatic rings. The predicted molar refractivity (Wildman–Crippen MR) is 89.1 cm³/mol. The van der Waals surface area contributed by atoms with Crippen LogP contribution < -0.4 is 0 Å². The fourth-order valence-corrected chi connectivity index (χ4v) is 3.43. The number of Topliss-reactive ketones (excluding diaryl/α,β-unsaturated/α-hetero) is 1. The summed E-state index contributed by atoms with van der Waals surface area (Å²) >= 11 is 3.40. The maximum atomic E-state index is 12.6. The number of alkyl halides is 1. The lowest BCUT2D eigenvalue weighted by Crippen LogP contribution is -2.34. The molecule has 2 aromatic carbocycles. The Labute approximate surface area is 137 Å². The summed E-state index contributed by atoms with van der Waals surface area (Å²) < 4.78 is 0. The van der Waals surface area contributed by atoms with Gasteiger partial charge in [-0.3, -0.25) is 14.9 Å². The zero-order chi connectivity index (χ0) is 16.1. The first-order valence-corrected chi connectivity index (χ1v) is 7.85. The molecule has 0 aliphatic rings. The van der Waals surface area contributed by atoms with Crippen LogP contribution in [0.5, 0.6) is 0 Å². The largest absolute Gasteiger partial charge is 0.293 e. The van der Waals surface area contributed by atoms with Crippen molar-refractivity contribution in [1.82, 2.24) is 0 Å². The van der Waals surface area contributed by atoms with Crippen LogP contribution in [-0.2, 0) is 0 Å². The summed E-state index contributed by atoms with van der Waals surface area (Å²) in [5.74, 6) is -0.688. The Morgan fingerprint density at radius 2 is 1.55 bits per heavy atom. The van der Waals surface area contributed by atoms with Crippen LogP contribution in [0.2, 0.25) is 0 Å². The Kier molecular flexibility index (Phi) is 5.44. The van der Waals surface area contributed by atoms with Crippen molar-refractivity contribution in [1.29, 1.82) is 0 Å². The quantitative estimate of drug-likeness (QED) is 0.337. The van der Waals surface area contributed by atoms with E-state index in [2.05, 4.69) is 15.9 Å². The number of hydrogen-bond acceptors (Lipinski definition) is 3. The Morgan fingerprint density at radius 1 is 1.05 bits per heavy atom. The number of carbonyl (C=O) groups is 1. The van der Waals surface area contributed by atoms with Gasteiger partial charge in [0.05, 0.1) is 10.7 Å². The van der Waals surface area contributed by atoms with Crippen LogP contribution in [-0.4, -0.2) is 21.6 Å². The molecule has 5 heteroatoms. The van der Waals surface area contributed by atoms with Crippen LogP contribution in [0, 0.1) is 10.1 Å². The molecule has 22 heavy (non-hydrogen) atoms. The Morgan fingerprint density at radius 3 is 2.05 bits per heavy atom. The zero-order valence-corrected chi connectivity index (χ0v) is 13.6. The van der Waals surface area contributed by atoms with Crippen molar-refractivity contribution in [3.63, 3.8) is 0 Å². The first-order chi connectivity index (χ1) is 10.5. The molecule has 0 amide bonds. The molecule has 0 heterocycles. The van der Waals surface area contributed by atoms with Crippen molar-refractivity contribution in [2.45, 2.75) is 23.7 Å². The van der Waals surface area contributed by atoms with E-state index in [1.165, 1.54) is 6.92 Å². The Balaban J connectivity index is 2.37. The lowest BCUT2D eigenvalue weighted by Gasteiger charge is -2.23. The normalized spacial score (nSPS) is 14.8. The van der Waals surface area contributed by atoms with Crippen molar-refractivity contribution >= 4 is 21.7 Å². The molecule has 0 saturated heterocycles. The molecule has 0 N–H and O–H groups in total. The van der Waals surface area contributed by atoms with Gasteiger partial charge in [-0.1, -0.05) is 76.6 Å². The topological polar surface area (TPSA) is 60.2 Å². The van der Waals surface area contributed by atoms with Crippen molar-refractivity contribution in [3.05, 3.63) is 81.9 Å². The van der Waals surface area contributed by atoms with Crippen LogP contribution in [0.3, 0.4) is 0 Å². The molecule has 0 bridgehead atoms. The first kappa shape index (κ1) is 16.4. The average molecular weight is 362 g/mol. The number of benzene rings is 2. The van der Waals surface area contributed by atoms with E-state index in [0.717, 1.165) is 5.56 Å². The lowest BCUT2D eigenvalue weighted by atomic mass is 9.86.